The van der Waals surface area contributed by atoms with Crippen molar-refractivity contribution in [2.24, 2.45) is 0 Å². The highest BCUT2D eigenvalue weighted by atomic mass is 14.8. The van der Waals surface area contributed by atoms with Crippen LogP contribution in [0.1, 0.15) is 11.1 Å². The molecule has 0 fully saturated rings. The lowest BCUT2D eigenvalue weighted by atomic mass is 10.2. The van der Waals surface area contributed by atoms with Crippen LogP contribution in [-0.4, -0.2) is 6.54 Å². The molecular weight excluding hydrogens is 218 g/mol. The van der Waals surface area contributed by atoms with Crippen molar-refractivity contribution in [2.45, 2.75) is 13.0 Å². The van der Waals surface area contributed by atoms with Crippen LogP contribution in [0.4, 0.5) is 0 Å². The summed E-state index contributed by atoms with van der Waals surface area (Å²) in [5.41, 5.74) is 2.57. The van der Waals surface area contributed by atoms with Gasteiger partial charge in [0.1, 0.15) is 0 Å². The minimum Gasteiger partial charge on any atom is -0.302 e. The van der Waals surface area contributed by atoms with Gasteiger partial charge in [0.05, 0.1) is 6.54 Å². The van der Waals surface area contributed by atoms with Gasteiger partial charge in [0.2, 0.25) is 0 Å². The van der Waals surface area contributed by atoms with Crippen molar-refractivity contribution in [2.75, 3.05) is 6.54 Å². The Bertz CT molecular complexity index is 506. The molecule has 0 spiro atoms. The third-order valence-corrected chi connectivity index (χ3v) is 2.65. The van der Waals surface area contributed by atoms with Gasteiger partial charge < -0.3 is 5.32 Å². The van der Waals surface area contributed by atoms with E-state index in [9.17, 15) is 0 Å². The average Bonchev–Trinajstić information content (AvgIpc) is 2.45. The first-order valence-electron chi connectivity index (χ1n) is 6.19. The highest BCUT2D eigenvalue weighted by Crippen LogP contribution is 1.98. The summed E-state index contributed by atoms with van der Waals surface area (Å²) >= 11 is 0. The van der Waals surface area contributed by atoms with E-state index < -0.39 is 0 Å². The monoisotopic (exact) mass is 235 g/mol. The van der Waals surface area contributed by atoms with Gasteiger partial charge in [-0.1, -0.05) is 72.5 Å². The van der Waals surface area contributed by atoms with Crippen molar-refractivity contribution in [3.05, 3.63) is 71.8 Å². The predicted octanol–water partition coefficient (Wildman–Crippen LogP) is 3.02. The van der Waals surface area contributed by atoms with Crippen LogP contribution in [0, 0.1) is 11.8 Å². The summed E-state index contributed by atoms with van der Waals surface area (Å²) in [6.45, 7) is 1.61. The first kappa shape index (κ1) is 12.4. The van der Waals surface area contributed by atoms with E-state index in [-0.39, 0.29) is 0 Å². The largest absolute Gasteiger partial charge is 0.302 e. The molecule has 2 rings (SSSR count). The summed E-state index contributed by atoms with van der Waals surface area (Å²) in [6, 6.07) is 20.7. The van der Waals surface area contributed by atoms with Crippen LogP contribution in [0.5, 0.6) is 0 Å². The molecule has 18 heavy (non-hydrogen) atoms. The van der Waals surface area contributed by atoms with Crippen molar-refractivity contribution in [3.63, 3.8) is 0 Å². The third-order valence-electron chi connectivity index (χ3n) is 2.65. The lowest BCUT2D eigenvalue weighted by Crippen LogP contribution is -2.12. The summed E-state index contributed by atoms with van der Waals surface area (Å²) < 4.78 is 0. The van der Waals surface area contributed by atoms with Crippen LogP contribution >= 0.6 is 0 Å². The van der Waals surface area contributed by atoms with Gasteiger partial charge in [0, 0.05) is 13.0 Å². The molecule has 90 valence electrons. The van der Waals surface area contributed by atoms with Crippen LogP contribution in [0.2, 0.25) is 0 Å². The fourth-order valence-corrected chi connectivity index (χ4v) is 1.69. The quantitative estimate of drug-likeness (QED) is 0.634. The molecule has 1 nitrogen and oxygen atoms in total. The molecule has 0 amide bonds. The van der Waals surface area contributed by atoms with E-state index in [0.29, 0.717) is 0 Å². The fraction of sp³-hybridized carbons (Fsp3) is 0.176. The molecule has 0 atom stereocenters. The zero-order valence-corrected chi connectivity index (χ0v) is 10.4. The molecule has 1 heteroatoms. The van der Waals surface area contributed by atoms with Crippen LogP contribution < -0.4 is 5.32 Å². The van der Waals surface area contributed by atoms with Crippen LogP contribution in [-0.2, 0) is 13.0 Å². The number of hydrogen-bond donors (Lipinski definition) is 1. The lowest BCUT2D eigenvalue weighted by molar-refractivity contribution is 0.770. The molecule has 1 N–H and O–H groups in total. The van der Waals surface area contributed by atoms with Crippen LogP contribution in [0.25, 0.3) is 0 Å². The summed E-state index contributed by atoms with van der Waals surface area (Å²) in [4.78, 5) is 0. The van der Waals surface area contributed by atoms with Crippen molar-refractivity contribution in [1.82, 2.24) is 5.32 Å². The maximum Gasteiger partial charge on any atom is 0.0579 e. The van der Waals surface area contributed by atoms with E-state index in [4.69, 9.17) is 0 Å². The third kappa shape index (κ3) is 4.45. The van der Waals surface area contributed by atoms with E-state index in [0.717, 1.165) is 19.5 Å². The van der Waals surface area contributed by atoms with Gasteiger partial charge >= 0.3 is 0 Å². The minimum atomic E-state index is 0.738. The number of nitrogens with one attached hydrogen (secondary N) is 1. The van der Waals surface area contributed by atoms with Gasteiger partial charge in [-0.3, -0.25) is 0 Å². The normalized spacial score (nSPS) is 9.56. The van der Waals surface area contributed by atoms with Crippen LogP contribution in [0.3, 0.4) is 0 Å². The lowest BCUT2D eigenvalue weighted by Gasteiger charge is -1.99. The first-order chi connectivity index (χ1) is 8.95. The summed E-state index contributed by atoms with van der Waals surface area (Å²) in [5, 5.41) is 3.31. The molecule has 0 aliphatic carbocycles. The molecule has 0 bridgehead atoms. The zero-order chi connectivity index (χ0) is 12.5. The minimum absolute atomic E-state index is 0.738. The van der Waals surface area contributed by atoms with Gasteiger partial charge in [0.25, 0.3) is 0 Å². The van der Waals surface area contributed by atoms with E-state index in [1.807, 2.05) is 24.3 Å². The van der Waals surface area contributed by atoms with Gasteiger partial charge in [-0.15, -0.1) is 0 Å². The van der Waals surface area contributed by atoms with E-state index in [1.54, 1.807) is 0 Å². The summed E-state index contributed by atoms with van der Waals surface area (Å²) in [7, 11) is 0. The highest BCUT2D eigenvalue weighted by Gasteiger charge is 1.88. The highest BCUT2D eigenvalue weighted by molar-refractivity contribution is 5.21. The molecule has 0 saturated carbocycles. The topological polar surface area (TPSA) is 12.0 Å². The second-order valence-corrected chi connectivity index (χ2v) is 4.11. The van der Waals surface area contributed by atoms with Crippen molar-refractivity contribution in [3.8, 4) is 11.8 Å². The molecule has 0 radical (unpaired) electrons. The van der Waals surface area contributed by atoms with Gasteiger partial charge in [-0.25, -0.2) is 0 Å². The van der Waals surface area contributed by atoms with E-state index >= 15 is 0 Å². The molecule has 0 aliphatic rings. The van der Waals surface area contributed by atoms with Crippen LogP contribution in [0.15, 0.2) is 60.7 Å². The van der Waals surface area contributed by atoms with Crippen molar-refractivity contribution < 1.29 is 0 Å². The second-order valence-electron chi connectivity index (χ2n) is 4.11. The Kier molecular flexibility index (Phi) is 5.05. The molecular formula is C17H17N. The van der Waals surface area contributed by atoms with Gasteiger partial charge in [-0.05, 0) is 11.1 Å². The zero-order valence-electron chi connectivity index (χ0n) is 10.4. The molecule has 0 aliphatic heterocycles. The average molecular weight is 235 g/mol. The van der Waals surface area contributed by atoms with Crippen molar-refractivity contribution in [1.29, 1.82) is 0 Å². The standard InChI is InChI=1S/C17H17N/c1-3-9-16(10-4-1)11-7-8-14-18-15-17-12-5-2-6-13-17/h1-6,9-10,12-13,18H,11,14-15H2. The summed E-state index contributed by atoms with van der Waals surface area (Å²) in [5.74, 6) is 6.32. The molecule has 0 unspecified atom stereocenters. The first-order valence-corrected chi connectivity index (χ1v) is 6.19. The second kappa shape index (κ2) is 7.32. The maximum atomic E-state index is 3.31. The Morgan fingerprint density at radius 2 is 1.33 bits per heavy atom. The van der Waals surface area contributed by atoms with Crippen molar-refractivity contribution >= 4 is 0 Å². The number of benzene rings is 2. The Labute approximate surface area is 109 Å². The molecule has 0 saturated heterocycles. The number of rotatable bonds is 4. The smallest absolute Gasteiger partial charge is 0.0579 e. The number of hydrogen-bond acceptors (Lipinski definition) is 1. The predicted molar refractivity (Wildman–Crippen MR) is 76.1 cm³/mol. The molecule has 2 aromatic carbocycles. The fourth-order valence-electron chi connectivity index (χ4n) is 1.69. The Morgan fingerprint density at radius 1 is 0.722 bits per heavy atom. The van der Waals surface area contributed by atoms with E-state index in [1.165, 1.54) is 11.1 Å². The van der Waals surface area contributed by atoms with E-state index in [2.05, 4.69) is 53.6 Å². The van der Waals surface area contributed by atoms with Gasteiger partial charge in [-0.2, -0.15) is 0 Å². The molecule has 2 aromatic rings. The van der Waals surface area contributed by atoms with Gasteiger partial charge in [0.15, 0.2) is 0 Å². The SMILES string of the molecule is C(#CCc1ccccc1)CNCc1ccccc1. The molecule has 0 heterocycles. The molecule has 0 aromatic heterocycles. The Hall–Kier alpha value is -2.04. The Balaban J connectivity index is 1.67. The summed E-state index contributed by atoms with van der Waals surface area (Å²) in [6.07, 6.45) is 0.827. The maximum absolute atomic E-state index is 3.31. The Morgan fingerprint density at radius 3 is 2.00 bits per heavy atom.